The van der Waals surface area contributed by atoms with Crippen molar-refractivity contribution in [2.75, 3.05) is 36.0 Å². The van der Waals surface area contributed by atoms with E-state index in [2.05, 4.69) is 20.3 Å². The van der Waals surface area contributed by atoms with Crippen LogP contribution in [0.1, 0.15) is 20.3 Å². The number of rotatable bonds is 8. The highest BCUT2D eigenvalue weighted by molar-refractivity contribution is 5.98. The molecule has 2 aliphatic heterocycles. The van der Waals surface area contributed by atoms with Crippen LogP contribution in [0.2, 0.25) is 0 Å². The molecular formula is C21H24F2N6O4. The second-order valence-electron chi connectivity index (χ2n) is 8.12. The summed E-state index contributed by atoms with van der Waals surface area (Å²) < 4.78 is 36.4. The normalized spacial score (nSPS) is 18.8. The topological polar surface area (TPSA) is 110 Å². The van der Waals surface area contributed by atoms with E-state index in [1.165, 1.54) is 25.3 Å². The molecule has 0 aromatic carbocycles. The number of hydrogen-bond donors (Lipinski definition) is 1. The second kappa shape index (κ2) is 9.12. The number of alkyl halides is 2. The molecule has 0 spiro atoms. The van der Waals surface area contributed by atoms with Crippen molar-refractivity contribution >= 4 is 23.5 Å². The molecule has 2 aromatic heterocycles. The molecule has 2 fully saturated rings. The summed E-state index contributed by atoms with van der Waals surface area (Å²) in [5.74, 6) is -2.33. The molecule has 176 valence electrons. The van der Waals surface area contributed by atoms with E-state index in [1.807, 2.05) is 4.90 Å². The Kier molecular flexibility index (Phi) is 6.25. The Labute approximate surface area is 188 Å². The third-order valence-electron chi connectivity index (χ3n) is 5.13. The van der Waals surface area contributed by atoms with E-state index < -0.39 is 18.6 Å². The van der Waals surface area contributed by atoms with Crippen LogP contribution in [-0.4, -0.2) is 71.1 Å². The Morgan fingerprint density at radius 3 is 2.55 bits per heavy atom. The van der Waals surface area contributed by atoms with E-state index in [0.29, 0.717) is 43.4 Å². The quantitative estimate of drug-likeness (QED) is 0.627. The van der Waals surface area contributed by atoms with Crippen LogP contribution in [0, 0.1) is 0 Å². The van der Waals surface area contributed by atoms with Crippen LogP contribution < -0.4 is 24.6 Å². The number of pyridine rings is 1. The van der Waals surface area contributed by atoms with E-state index in [-0.39, 0.29) is 23.7 Å². The van der Waals surface area contributed by atoms with Gasteiger partial charge in [0, 0.05) is 46.0 Å². The van der Waals surface area contributed by atoms with Crippen molar-refractivity contribution in [2.45, 2.75) is 38.3 Å². The summed E-state index contributed by atoms with van der Waals surface area (Å²) in [6.45, 7) is 3.18. The van der Waals surface area contributed by atoms with Gasteiger partial charge in [0.25, 0.3) is 11.8 Å². The van der Waals surface area contributed by atoms with Gasteiger partial charge in [-0.25, -0.2) is 23.7 Å². The molecule has 0 bridgehead atoms. The standard InChI is InChI=1S/C21H24F2N6O4/c1-13(30)27-14-10-28(11-14)20-25-7-15(8-26-20)29-6-5-17(19(29)31)33-16-3-4-18(24-9-16)32-12-21(2,22)23/h3-4,7-9,14,17H,5-6,10-12H2,1-2H3,(H,27,30)/t17-/m1/s1. The molecule has 2 aromatic rings. The van der Waals surface area contributed by atoms with E-state index >= 15 is 0 Å². The van der Waals surface area contributed by atoms with Gasteiger partial charge in [0.15, 0.2) is 12.7 Å². The van der Waals surface area contributed by atoms with Gasteiger partial charge < -0.3 is 24.6 Å². The largest absolute Gasteiger partial charge is 0.479 e. The molecular weight excluding hydrogens is 438 g/mol. The number of nitrogens with zero attached hydrogens (tertiary/aromatic N) is 5. The van der Waals surface area contributed by atoms with Gasteiger partial charge in [-0.05, 0) is 6.07 Å². The fourth-order valence-corrected chi connectivity index (χ4v) is 3.54. The zero-order chi connectivity index (χ0) is 23.6. The minimum absolute atomic E-state index is 0.0473. The van der Waals surface area contributed by atoms with Gasteiger partial charge in [-0.15, -0.1) is 0 Å². The van der Waals surface area contributed by atoms with Crippen molar-refractivity contribution in [1.82, 2.24) is 20.3 Å². The number of carbonyl (C=O) groups excluding carboxylic acids is 2. The molecule has 4 heterocycles. The van der Waals surface area contributed by atoms with E-state index in [4.69, 9.17) is 9.47 Å². The van der Waals surface area contributed by atoms with Crippen molar-refractivity contribution in [3.63, 3.8) is 0 Å². The van der Waals surface area contributed by atoms with Crippen molar-refractivity contribution in [3.05, 3.63) is 30.7 Å². The lowest BCUT2D eigenvalue weighted by Gasteiger charge is -2.39. The molecule has 10 nitrogen and oxygen atoms in total. The summed E-state index contributed by atoms with van der Waals surface area (Å²) in [6, 6.07) is 3.02. The van der Waals surface area contributed by atoms with Gasteiger partial charge in [-0.3, -0.25) is 9.59 Å². The molecule has 2 saturated heterocycles. The number of ether oxygens (including phenoxy) is 2. The third kappa shape index (κ3) is 5.62. The summed E-state index contributed by atoms with van der Waals surface area (Å²) in [6.07, 6.45) is 4.27. The van der Waals surface area contributed by atoms with Crippen LogP contribution in [0.3, 0.4) is 0 Å². The summed E-state index contributed by atoms with van der Waals surface area (Å²) in [4.78, 5) is 40.0. The first-order valence-corrected chi connectivity index (χ1v) is 10.5. The van der Waals surface area contributed by atoms with Crippen molar-refractivity contribution < 1.29 is 27.8 Å². The predicted octanol–water partition coefficient (Wildman–Crippen LogP) is 1.41. The molecule has 12 heteroatoms. The lowest BCUT2D eigenvalue weighted by Crippen LogP contribution is -2.59. The molecule has 2 aliphatic rings. The van der Waals surface area contributed by atoms with Gasteiger partial charge in [0.1, 0.15) is 5.75 Å². The second-order valence-corrected chi connectivity index (χ2v) is 8.12. The molecule has 0 radical (unpaired) electrons. The zero-order valence-corrected chi connectivity index (χ0v) is 18.2. The maximum Gasteiger partial charge on any atom is 0.278 e. The molecule has 4 rings (SSSR count). The predicted molar refractivity (Wildman–Crippen MR) is 114 cm³/mol. The Balaban J connectivity index is 1.29. The van der Waals surface area contributed by atoms with Crippen LogP contribution in [0.5, 0.6) is 11.6 Å². The van der Waals surface area contributed by atoms with Crippen LogP contribution in [0.4, 0.5) is 20.4 Å². The number of aromatic nitrogens is 3. The minimum Gasteiger partial charge on any atom is -0.479 e. The van der Waals surface area contributed by atoms with Crippen molar-refractivity contribution in [1.29, 1.82) is 0 Å². The van der Waals surface area contributed by atoms with Gasteiger partial charge in [0.2, 0.25) is 17.7 Å². The SMILES string of the molecule is CC(=O)NC1CN(c2ncc(N3CC[C@@H](Oc4ccc(OCC(C)(F)F)nc4)C3=O)cn2)C1. The molecule has 1 N–H and O–H groups in total. The average Bonchev–Trinajstić information content (AvgIpc) is 3.09. The molecule has 0 aliphatic carbocycles. The molecule has 0 saturated carbocycles. The van der Waals surface area contributed by atoms with Gasteiger partial charge in [-0.1, -0.05) is 0 Å². The number of carbonyl (C=O) groups is 2. The van der Waals surface area contributed by atoms with Crippen LogP contribution in [0.15, 0.2) is 30.7 Å². The maximum atomic E-state index is 12.9. The fraction of sp³-hybridized carbons (Fsp3) is 0.476. The lowest BCUT2D eigenvalue weighted by atomic mass is 10.1. The fourth-order valence-electron chi connectivity index (χ4n) is 3.54. The average molecular weight is 462 g/mol. The third-order valence-corrected chi connectivity index (χ3v) is 5.13. The smallest absolute Gasteiger partial charge is 0.278 e. The highest BCUT2D eigenvalue weighted by atomic mass is 19.3. The Hall–Kier alpha value is -3.57. The number of hydrogen-bond acceptors (Lipinski definition) is 8. The maximum absolute atomic E-state index is 12.9. The first-order valence-electron chi connectivity index (χ1n) is 10.5. The minimum atomic E-state index is -2.96. The summed E-state index contributed by atoms with van der Waals surface area (Å²) in [5.41, 5.74) is 0.566. The molecule has 1 atom stereocenters. The van der Waals surface area contributed by atoms with Crippen LogP contribution in [0.25, 0.3) is 0 Å². The number of halogens is 2. The molecule has 2 amide bonds. The van der Waals surface area contributed by atoms with Gasteiger partial charge in [0.05, 0.1) is 30.3 Å². The van der Waals surface area contributed by atoms with Gasteiger partial charge >= 0.3 is 0 Å². The first-order chi connectivity index (χ1) is 15.7. The monoisotopic (exact) mass is 462 g/mol. The van der Waals surface area contributed by atoms with Crippen LogP contribution >= 0.6 is 0 Å². The zero-order valence-electron chi connectivity index (χ0n) is 18.2. The highest BCUT2D eigenvalue weighted by Gasteiger charge is 2.35. The van der Waals surface area contributed by atoms with Crippen molar-refractivity contribution in [2.24, 2.45) is 0 Å². The Bertz CT molecular complexity index is 993. The number of amides is 2. The van der Waals surface area contributed by atoms with Crippen molar-refractivity contribution in [3.8, 4) is 11.6 Å². The van der Waals surface area contributed by atoms with E-state index in [0.717, 1.165) is 6.92 Å². The van der Waals surface area contributed by atoms with E-state index in [9.17, 15) is 18.4 Å². The van der Waals surface area contributed by atoms with Gasteiger partial charge in [-0.2, -0.15) is 0 Å². The number of nitrogens with one attached hydrogen (secondary N) is 1. The van der Waals surface area contributed by atoms with Crippen LogP contribution in [-0.2, 0) is 9.59 Å². The van der Waals surface area contributed by atoms with E-state index in [1.54, 1.807) is 17.3 Å². The molecule has 0 unspecified atom stereocenters. The highest BCUT2D eigenvalue weighted by Crippen LogP contribution is 2.26. The Morgan fingerprint density at radius 1 is 1.21 bits per heavy atom. The summed E-state index contributed by atoms with van der Waals surface area (Å²) in [5, 5.41) is 2.84. The lowest BCUT2D eigenvalue weighted by molar-refractivity contribution is -0.123. The summed E-state index contributed by atoms with van der Waals surface area (Å²) >= 11 is 0. The summed E-state index contributed by atoms with van der Waals surface area (Å²) in [7, 11) is 0. The molecule has 33 heavy (non-hydrogen) atoms. The number of anilines is 2. The Morgan fingerprint density at radius 2 is 1.94 bits per heavy atom. The first kappa shape index (κ1) is 22.6.